The quantitative estimate of drug-likeness (QED) is 0.438. The minimum atomic E-state index is -0.348. The molecule has 0 atom stereocenters. The molecular weight excluding hydrogens is 354 g/mol. The Morgan fingerprint density at radius 1 is 0.893 bits per heavy atom. The van der Waals surface area contributed by atoms with Crippen molar-refractivity contribution < 1.29 is 19.1 Å². The lowest BCUT2D eigenvalue weighted by Gasteiger charge is -2.08. The summed E-state index contributed by atoms with van der Waals surface area (Å²) in [4.78, 5) is 23.8. The number of rotatable bonds is 11. The Kier molecular flexibility index (Phi) is 9.05. The minimum absolute atomic E-state index is 0.0804. The number of carbonyl (C=O) groups is 2. The molecule has 0 aliphatic heterocycles. The lowest BCUT2D eigenvalue weighted by atomic mass is 10.1. The highest BCUT2D eigenvalue weighted by Crippen LogP contribution is 2.14. The molecule has 2 aromatic rings. The smallest absolute Gasteiger partial charge is 0.338 e. The second-order valence-corrected chi connectivity index (χ2v) is 6.61. The van der Waals surface area contributed by atoms with Crippen LogP contribution in [0.1, 0.15) is 55.5 Å². The van der Waals surface area contributed by atoms with E-state index in [2.05, 4.69) is 24.4 Å². The zero-order valence-electron chi connectivity index (χ0n) is 16.7. The molecule has 0 aromatic heterocycles. The maximum Gasteiger partial charge on any atom is 0.338 e. The summed E-state index contributed by atoms with van der Waals surface area (Å²) in [6.07, 6.45) is 3.98. The fourth-order valence-electron chi connectivity index (χ4n) is 2.65. The number of hydrogen-bond donors (Lipinski definition) is 1. The van der Waals surface area contributed by atoms with Crippen LogP contribution in [0.4, 0.5) is 5.69 Å². The van der Waals surface area contributed by atoms with Crippen LogP contribution >= 0.6 is 0 Å². The molecule has 0 saturated carbocycles. The number of hydrogen-bond acceptors (Lipinski definition) is 4. The van der Waals surface area contributed by atoms with Gasteiger partial charge in [0.2, 0.25) is 5.91 Å². The third-order valence-corrected chi connectivity index (χ3v) is 4.12. The van der Waals surface area contributed by atoms with Gasteiger partial charge in [0.1, 0.15) is 5.75 Å². The van der Waals surface area contributed by atoms with Crippen molar-refractivity contribution in [1.82, 2.24) is 0 Å². The molecule has 2 aromatic carbocycles. The number of amides is 1. The third-order valence-electron chi connectivity index (χ3n) is 4.12. The maximum atomic E-state index is 12.0. The van der Waals surface area contributed by atoms with E-state index in [9.17, 15) is 9.59 Å². The van der Waals surface area contributed by atoms with Gasteiger partial charge in [0.05, 0.1) is 18.8 Å². The van der Waals surface area contributed by atoms with Gasteiger partial charge in [-0.15, -0.1) is 0 Å². The Labute approximate surface area is 167 Å². The largest absolute Gasteiger partial charge is 0.494 e. The molecule has 150 valence electrons. The van der Waals surface area contributed by atoms with Gasteiger partial charge in [-0.2, -0.15) is 0 Å². The monoisotopic (exact) mass is 383 g/mol. The molecule has 0 unspecified atom stereocenters. The number of benzene rings is 2. The molecule has 5 nitrogen and oxygen atoms in total. The predicted molar refractivity (Wildman–Crippen MR) is 111 cm³/mol. The van der Waals surface area contributed by atoms with Crippen molar-refractivity contribution in [3.63, 3.8) is 0 Å². The number of carbonyl (C=O) groups excluding carboxylic acids is 2. The van der Waals surface area contributed by atoms with Gasteiger partial charge < -0.3 is 14.8 Å². The van der Waals surface area contributed by atoms with Crippen molar-refractivity contribution in [3.05, 3.63) is 59.7 Å². The molecule has 0 aliphatic rings. The highest BCUT2D eigenvalue weighted by Gasteiger charge is 2.08. The van der Waals surface area contributed by atoms with E-state index in [0.717, 1.165) is 25.0 Å². The van der Waals surface area contributed by atoms with Crippen LogP contribution in [0.25, 0.3) is 0 Å². The van der Waals surface area contributed by atoms with Crippen molar-refractivity contribution in [3.8, 4) is 5.75 Å². The first kappa shape index (κ1) is 21.5. The molecule has 0 bridgehead atoms. The van der Waals surface area contributed by atoms with Gasteiger partial charge in [-0.05, 0) is 61.2 Å². The summed E-state index contributed by atoms with van der Waals surface area (Å²) in [5, 5.41) is 2.82. The number of ether oxygens (including phenoxy) is 2. The SMILES string of the molecule is CCCOC(=O)c1ccc(NC(=O)CCCOc2ccc(CCC)cc2)cc1. The summed E-state index contributed by atoms with van der Waals surface area (Å²) in [5.41, 5.74) is 2.44. The summed E-state index contributed by atoms with van der Waals surface area (Å²) < 4.78 is 10.8. The molecule has 0 radical (unpaired) electrons. The average Bonchev–Trinajstić information content (AvgIpc) is 2.71. The highest BCUT2D eigenvalue weighted by molar-refractivity contribution is 5.93. The number of nitrogens with one attached hydrogen (secondary N) is 1. The fourth-order valence-corrected chi connectivity index (χ4v) is 2.65. The van der Waals surface area contributed by atoms with Gasteiger partial charge >= 0.3 is 5.97 Å². The van der Waals surface area contributed by atoms with E-state index < -0.39 is 0 Å². The molecule has 28 heavy (non-hydrogen) atoms. The first-order valence-corrected chi connectivity index (χ1v) is 9.91. The highest BCUT2D eigenvalue weighted by atomic mass is 16.5. The normalized spacial score (nSPS) is 10.4. The van der Waals surface area contributed by atoms with Gasteiger partial charge in [0.15, 0.2) is 0 Å². The van der Waals surface area contributed by atoms with Crippen molar-refractivity contribution in [2.75, 3.05) is 18.5 Å². The van der Waals surface area contributed by atoms with E-state index in [-0.39, 0.29) is 11.9 Å². The van der Waals surface area contributed by atoms with E-state index in [1.807, 2.05) is 19.1 Å². The molecule has 2 rings (SSSR count). The van der Waals surface area contributed by atoms with Crippen LogP contribution in [0.5, 0.6) is 5.75 Å². The second-order valence-electron chi connectivity index (χ2n) is 6.61. The lowest BCUT2D eigenvalue weighted by Crippen LogP contribution is -2.13. The van der Waals surface area contributed by atoms with Crippen molar-refractivity contribution in [2.24, 2.45) is 0 Å². The summed E-state index contributed by atoms with van der Waals surface area (Å²) in [5.74, 6) is 0.397. The van der Waals surface area contributed by atoms with Gasteiger partial charge in [-0.25, -0.2) is 4.79 Å². The summed E-state index contributed by atoms with van der Waals surface area (Å²) >= 11 is 0. The topological polar surface area (TPSA) is 64.6 Å². The molecule has 0 fully saturated rings. The summed E-state index contributed by atoms with van der Waals surface area (Å²) in [6, 6.07) is 14.8. The van der Waals surface area contributed by atoms with Crippen LogP contribution in [-0.4, -0.2) is 25.1 Å². The van der Waals surface area contributed by atoms with Crippen LogP contribution in [0.3, 0.4) is 0 Å². The lowest BCUT2D eigenvalue weighted by molar-refractivity contribution is -0.116. The van der Waals surface area contributed by atoms with Crippen molar-refractivity contribution in [2.45, 2.75) is 46.0 Å². The fraction of sp³-hybridized carbons (Fsp3) is 0.391. The molecule has 1 amide bonds. The maximum absolute atomic E-state index is 12.0. The second kappa shape index (κ2) is 11.8. The van der Waals surface area contributed by atoms with E-state index in [0.29, 0.717) is 37.3 Å². The molecule has 0 aliphatic carbocycles. The number of anilines is 1. The van der Waals surface area contributed by atoms with E-state index in [1.165, 1.54) is 5.56 Å². The zero-order chi connectivity index (χ0) is 20.2. The van der Waals surface area contributed by atoms with Gasteiger partial charge in [-0.3, -0.25) is 4.79 Å². The van der Waals surface area contributed by atoms with Crippen LogP contribution in [0.2, 0.25) is 0 Å². The Morgan fingerprint density at radius 2 is 1.61 bits per heavy atom. The molecular formula is C23H29NO4. The molecule has 1 N–H and O–H groups in total. The Morgan fingerprint density at radius 3 is 2.25 bits per heavy atom. The van der Waals surface area contributed by atoms with E-state index in [4.69, 9.17) is 9.47 Å². The Balaban J connectivity index is 1.68. The van der Waals surface area contributed by atoms with Crippen LogP contribution in [0.15, 0.2) is 48.5 Å². The third kappa shape index (κ3) is 7.43. The van der Waals surface area contributed by atoms with Crippen LogP contribution in [0, 0.1) is 0 Å². The Hall–Kier alpha value is -2.82. The van der Waals surface area contributed by atoms with Crippen LogP contribution in [-0.2, 0) is 16.0 Å². The summed E-state index contributed by atoms with van der Waals surface area (Å²) in [7, 11) is 0. The molecule has 0 spiro atoms. The average molecular weight is 383 g/mol. The Bertz CT molecular complexity index is 738. The predicted octanol–water partition coefficient (Wildman–Crippen LogP) is 5.00. The first-order chi connectivity index (χ1) is 13.6. The summed E-state index contributed by atoms with van der Waals surface area (Å²) in [6.45, 7) is 5.00. The minimum Gasteiger partial charge on any atom is -0.494 e. The van der Waals surface area contributed by atoms with Crippen LogP contribution < -0.4 is 10.1 Å². The molecule has 0 heterocycles. The molecule has 0 saturated heterocycles. The zero-order valence-corrected chi connectivity index (χ0v) is 16.7. The van der Waals surface area contributed by atoms with Gasteiger partial charge in [0, 0.05) is 12.1 Å². The van der Waals surface area contributed by atoms with E-state index >= 15 is 0 Å². The molecule has 5 heteroatoms. The first-order valence-electron chi connectivity index (χ1n) is 9.91. The number of esters is 1. The van der Waals surface area contributed by atoms with Gasteiger partial charge in [0.25, 0.3) is 0 Å². The number of aryl methyl sites for hydroxylation is 1. The van der Waals surface area contributed by atoms with Crippen molar-refractivity contribution >= 4 is 17.6 Å². The standard InChI is InChI=1S/C23H29NO4/c1-3-6-18-8-14-21(15-9-18)27-17-5-7-22(25)24-20-12-10-19(11-13-20)23(26)28-16-4-2/h8-15H,3-7,16-17H2,1-2H3,(H,24,25). The van der Waals surface area contributed by atoms with Gasteiger partial charge in [-0.1, -0.05) is 32.4 Å². The van der Waals surface area contributed by atoms with Crippen molar-refractivity contribution in [1.29, 1.82) is 0 Å². The van der Waals surface area contributed by atoms with E-state index in [1.54, 1.807) is 24.3 Å².